The van der Waals surface area contributed by atoms with Crippen LogP contribution in [0.15, 0.2) is 72.8 Å². The van der Waals surface area contributed by atoms with Gasteiger partial charge in [-0.2, -0.15) is 10.5 Å². The number of benzene rings is 2. The predicted molar refractivity (Wildman–Crippen MR) is 204 cm³/mol. The van der Waals surface area contributed by atoms with E-state index in [1.807, 2.05) is 110 Å². The zero-order valence-electron chi connectivity index (χ0n) is 30.7. The fraction of sp³-hybridized carbons (Fsp3) is 0.368. The summed E-state index contributed by atoms with van der Waals surface area (Å²) in [5, 5.41) is 44.9. The van der Waals surface area contributed by atoms with Crippen molar-refractivity contribution >= 4 is 34.9 Å². The number of carbonyl (C=O) groups excluding carboxylic acids is 1. The Hall–Kier alpha value is -6.32. The highest BCUT2D eigenvalue weighted by atomic mass is 16.4. The van der Waals surface area contributed by atoms with E-state index >= 15 is 0 Å². The molecule has 2 fully saturated rings. The molecule has 2 saturated heterocycles. The first-order chi connectivity index (χ1) is 25.6. The quantitative estimate of drug-likeness (QED) is 0.271. The van der Waals surface area contributed by atoms with Gasteiger partial charge in [-0.3, -0.25) is 9.59 Å². The van der Waals surface area contributed by atoms with Crippen LogP contribution in [-0.2, 0) is 22.4 Å². The van der Waals surface area contributed by atoms with Gasteiger partial charge in [-0.15, -0.1) is 20.4 Å². The number of nitrogens with one attached hydrogen (secondary N) is 1. The summed E-state index contributed by atoms with van der Waals surface area (Å²) in [4.78, 5) is 33.1. The molecule has 2 aliphatic heterocycles. The molecule has 2 N–H and O–H groups in total. The van der Waals surface area contributed by atoms with Crippen LogP contribution in [0.25, 0.3) is 0 Å². The Labute approximate surface area is 310 Å². The van der Waals surface area contributed by atoms with Crippen molar-refractivity contribution in [2.75, 3.05) is 100 Å². The monoisotopic (exact) mass is 718 g/mol. The third-order valence-corrected chi connectivity index (χ3v) is 8.54. The first-order valence-electron chi connectivity index (χ1n) is 17.3. The number of rotatable bonds is 8. The average molecular weight is 719 g/mol. The standard InChI is InChI=1S/C19H22N6O.C10H13NO2.C9H11N5/c1-23(2)17-6-3-15(4-7-17)13-19(26)25-11-9-24(10-12-25)18-8-5-16(14-20)21-22-18;1-11(2)9-5-3-8(4-6-9)7-10(12)13;10-7-8-1-2-9(13-12-8)14-5-3-11-4-6-14/h3-8H,9-13H2,1-2H3;3-6H,7H2,1-2H3,(H,12,13);1-2,11H,3-6H2. The van der Waals surface area contributed by atoms with Gasteiger partial charge in [-0.25, -0.2) is 0 Å². The van der Waals surface area contributed by atoms with Gasteiger partial charge in [0.15, 0.2) is 23.0 Å². The molecule has 4 heterocycles. The van der Waals surface area contributed by atoms with Gasteiger partial charge in [0.2, 0.25) is 5.91 Å². The number of nitrogens with zero attached hydrogens (tertiary/aromatic N) is 11. The second-order valence-corrected chi connectivity index (χ2v) is 12.8. The molecule has 0 saturated carbocycles. The molecule has 2 aliphatic rings. The normalized spacial score (nSPS) is 13.6. The zero-order valence-corrected chi connectivity index (χ0v) is 30.7. The summed E-state index contributed by atoms with van der Waals surface area (Å²) in [5.74, 6) is 0.951. The average Bonchev–Trinajstić information content (AvgIpc) is 3.19. The Morgan fingerprint density at radius 2 is 1.08 bits per heavy atom. The topological polar surface area (TPSA) is 182 Å². The fourth-order valence-corrected chi connectivity index (χ4v) is 5.47. The zero-order chi connectivity index (χ0) is 38.2. The van der Waals surface area contributed by atoms with Gasteiger partial charge in [-0.05, 0) is 59.7 Å². The lowest BCUT2D eigenvalue weighted by Crippen LogP contribution is -2.49. The molecule has 4 aromatic rings. The summed E-state index contributed by atoms with van der Waals surface area (Å²) in [6.45, 7) is 6.59. The third-order valence-electron chi connectivity index (χ3n) is 8.54. The van der Waals surface area contributed by atoms with Crippen LogP contribution in [0.2, 0.25) is 0 Å². The van der Waals surface area contributed by atoms with Crippen molar-refractivity contribution in [1.82, 2.24) is 30.6 Å². The van der Waals surface area contributed by atoms with Gasteiger partial charge >= 0.3 is 5.97 Å². The first kappa shape index (κ1) is 39.5. The minimum Gasteiger partial charge on any atom is -0.481 e. The van der Waals surface area contributed by atoms with Crippen molar-refractivity contribution in [2.45, 2.75) is 12.8 Å². The van der Waals surface area contributed by atoms with Crippen LogP contribution in [0.4, 0.5) is 23.0 Å². The lowest BCUT2D eigenvalue weighted by atomic mass is 10.1. The summed E-state index contributed by atoms with van der Waals surface area (Å²) < 4.78 is 0. The molecule has 0 atom stereocenters. The maximum Gasteiger partial charge on any atom is 0.307 e. The Kier molecular flexibility index (Phi) is 14.8. The predicted octanol–water partition coefficient (Wildman–Crippen LogP) is 2.44. The number of amides is 1. The number of aliphatic carboxylic acids is 1. The first-order valence-corrected chi connectivity index (χ1v) is 17.3. The van der Waals surface area contributed by atoms with Crippen LogP contribution in [0.3, 0.4) is 0 Å². The van der Waals surface area contributed by atoms with Crippen molar-refractivity contribution in [1.29, 1.82) is 10.5 Å². The van der Waals surface area contributed by atoms with E-state index in [-0.39, 0.29) is 12.3 Å². The molecule has 1 amide bonds. The van der Waals surface area contributed by atoms with E-state index in [0.29, 0.717) is 44.0 Å². The molecular formula is C38H46N12O3. The van der Waals surface area contributed by atoms with Gasteiger partial charge < -0.3 is 34.9 Å². The molecule has 276 valence electrons. The Balaban J connectivity index is 0.000000196. The van der Waals surface area contributed by atoms with Crippen molar-refractivity contribution in [3.05, 3.63) is 95.3 Å². The number of piperazine rings is 2. The number of nitriles is 2. The van der Waals surface area contributed by atoms with E-state index in [4.69, 9.17) is 15.6 Å². The minimum absolute atomic E-state index is 0.0910. The Morgan fingerprint density at radius 3 is 1.45 bits per heavy atom. The van der Waals surface area contributed by atoms with Gasteiger partial charge in [0.1, 0.15) is 12.1 Å². The summed E-state index contributed by atoms with van der Waals surface area (Å²) in [7, 11) is 7.90. The maximum atomic E-state index is 12.5. The smallest absolute Gasteiger partial charge is 0.307 e. The number of hydrogen-bond acceptors (Lipinski definition) is 13. The second kappa shape index (κ2) is 19.9. The van der Waals surface area contributed by atoms with Crippen LogP contribution in [0.5, 0.6) is 0 Å². The Bertz CT molecular complexity index is 1820. The third kappa shape index (κ3) is 12.4. The highest BCUT2D eigenvalue weighted by molar-refractivity contribution is 5.79. The van der Waals surface area contributed by atoms with Crippen LogP contribution in [-0.4, -0.2) is 123 Å². The van der Waals surface area contributed by atoms with Crippen molar-refractivity contribution in [3.63, 3.8) is 0 Å². The van der Waals surface area contributed by atoms with E-state index < -0.39 is 5.97 Å². The molecule has 2 aromatic carbocycles. The molecule has 15 nitrogen and oxygen atoms in total. The summed E-state index contributed by atoms with van der Waals surface area (Å²) in [6.07, 6.45) is 0.512. The summed E-state index contributed by atoms with van der Waals surface area (Å²) >= 11 is 0. The van der Waals surface area contributed by atoms with Gasteiger partial charge in [-0.1, -0.05) is 24.3 Å². The van der Waals surface area contributed by atoms with Gasteiger partial charge in [0.05, 0.1) is 12.8 Å². The lowest BCUT2D eigenvalue weighted by Gasteiger charge is -2.35. The number of aromatic nitrogens is 4. The highest BCUT2D eigenvalue weighted by Gasteiger charge is 2.22. The second-order valence-electron chi connectivity index (χ2n) is 12.8. The van der Waals surface area contributed by atoms with Crippen molar-refractivity contribution in [2.24, 2.45) is 0 Å². The number of carbonyl (C=O) groups is 2. The van der Waals surface area contributed by atoms with Gasteiger partial charge in [0.25, 0.3) is 0 Å². The molecule has 0 unspecified atom stereocenters. The van der Waals surface area contributed by atoms with Gasteiger partial charge in [0, 0.05) is 91.9 Å². The van der Waals surface area contributed by atoms with E-state index in [1.165, 1.54) is 0 Å². The number of hydrogen-bond donors (Lipinski definition) is 2. The highest BCUT2D eigenvalue weighted by Crippen LogP contribution is 2.16. The van der Waals surface area contributed by atoms with E-state index in [1.54, 1.807) is 18.2 Å². The van der Waals surface area contributed by atoms with Crippen LogP contribution in [0.1, 0.15) is 22.5 Å². The molecule has 53 heavy (non-hydrogen) atoms. The van der Waals surface area contributed by atoms with E-state index in [2.05, 4.69) is 35.5 Å². The van der Waals surface area contributed by atoms with Crippen LogP contribution in [0, 0.1) is 22.7 Å². The summed E-state index contributed by atoms with van der Waals surface area (Å²) in [6, 6.07) is 26.5. The van der Waals surface area contributed by atoms with Crippen molar-refractivity contribution in [3.8, 4) is 12.1 Å². The molecular weight excluding hydrogens is 672 g/mol. The minimum atomic E-state index is -0.794. The number of anilines is 4. The fourth-order valence-electron chi connectivity index (χ4n) is 5.47. The lowest BCUT2D eigenvalue weighted by molar-refractivity contribution is -0.136. The maximum absolute atomic E-state index is 12.5. The molecule has 2 aromatic heterocycles. The SMILES string of the molecule is CN(C)c1ccc(CC(=O)N2CCN(c3ccc(C#N)nn3)CC2)cc1.CN(C)c1ccc(CC(=O)O)cc1.N#Cc1ccc(N2CCNCC2)nn1. The largest absolute Gasteiger partial charge is 0.481 e. The van der Waals surface area contributed by atoms with Crippen LogP contribution >= 0.6 is 0 Å². The van der Waals surface area contributed by atoms with E-state index in [9.17, 15) is 9.59 Å². The Morgan fingerprint density at radius 1 is 0.642 bits per heavy atom. The van der Waals surface area contributed by atoms with E-state index in [0.717, 1.165) is 60.3 Å². The molecule has 15 heteroatoms. The molecule has 0 bridgehead atoms. The van der Waals surface area contributed by atoms with Crippen LogP contribution < -0.4 is 24.9 Å². The number of carboxylic acid groups (broad SMARTS) is 1. The molecule has 0 spiro atoms. The molecule has 6 rings (SSSR count). The van der Waals surface area contributed by atoms with Crippen molar-refractivity contribution < 1.29 is 14.7 Å². The molecule has 0 radical (unpaired) electrons. The summed E-state index contributed by atoms with van der Waals surface area (Å²) in [5.41, 5.74) is 4.73. The number of carboxylic acids is 1. The molecule has 0 aliphatic carbocycles.